The SMILES string of the molecule is CC(C)[C@@H](NC[C@@H]1CCN(S(C)(=O)=O)C1)c1ccc(F)c(F)c1. The predicted octanol–water partition coefficient (Wildman–Crippen LogP) is 2.53. The Bertz CT molecular complexity index is 649. The average Bonchev–Trinajstić information content (AvgIpc) is 2.91. The molecular formula is C16H24F2N2O2S. The minimum Gasteiger partial charge on any atom is -0.309 e. The highest BCUT2D eigenvalue weighted by atomic mass is 32.2. The molecule has 2 rings (SSSR count). The first-order chi connectivity index (χ1) is 10.7. The van der Waals surface area contributed by atoms with E-state index in [2.05, 4.69) is 5.32 Å². The number of rotatable bonds is 6. The molecule has 7 heteroatoms. The van der Waals surface area contributed by atoms with Gasteiger partial charge in [-0.05, 0) is 42.5 Å². The molecule has 0 unspecified atom stereocenters. The van der Waals surface area contributed by atoms with Gasteiger partial charge in [0.1, 0.15) is 0 Å². The minimum atomic E-state index is -3.14. The number of hydrogen-bond donors (Lipinski definition) is 1. The van der Waals surface area contributed by atoms with E-state index in [1.54, 1.807) is 6.07 Å². The molecule has 0 amide bonds. The van der Waals surface area contributed by atoms with Crippen LogP contribution in [0.3, 0.4) is 0 Å². The molecule has 0 aromatic heterocycles. The van der Waals surface area contributed by atoms with Crippen LogP contribution in [0, 0.1) is 23.5 Å². The van der Waals surface area contributed by atoms with Crippen molar-refractivity contribution < 1.29 is 17.2 Å². The Morgan fingerprint density at radius 1 is 1.30 bits per heavy atom. The van der Waals surface area contributed by atoms with Gasteiger partial charge in [-0.2, -0.15) is 0 Å². The van der Waals surface area contributed by atoms with Gasteiger partial charge in [0.25, 0.3) is 0 Å². The molecule has 2 atom stereocenters. The number of hydrogen-bond acceptors (Lipinski definition) is 3. The summed E-state index contributed by atoms with van der Waals surface area (Å²) in [5, 5.41) is 3.39. The third-order valence-electron chi connectivity index (χ3n) is 4.31. The fourth-order valence-corrected chi connectivity index (χ4v) is 3.92. The summed E-state index contributed by atoms with van der Waals surface area (Å²) in [5.74, 6) is -1.27. The highest BCUT2D eigenvalue weighted by Crippen LogP contribution is 2.25. The molecule has 4 nitrogen and oxygen atoms in total. The molecule has 0 spiro atoms. The van der Waals surface area contributed by atoms with E-state index in [0.29, 0.717) is 25.2 Å². The fraction of sp³-hybridized carbons (Fsp3) is 0.625. The number of benzene rings is 1. The van der Waals surface area contributed by atoms with Crippen LogP contribution in [0.25, 0.3) is 0 Å². The van der Waals surface area contributed by atoms with Crippen LogP contribution in [-0.4, -0.2) is 38.6 Å². The first-order valence-electron chi connectivity index (χ1n) is 7.82. The molecule has 1 aromatic carbocycles. The standard InChI is InChI=1S/C16H24F2N2O2S/c1-11(2)16(13-4-5-14(17)15(18)8-13)19-9-12-6-7-20(10-12)23(3,21)22/h4-5,8,11-12,16,19H,6-7,9-10H2,1-3H3/t12-,16+/m0/s1. The Hall–Kier alpha value is -1.05. The molecule has 1 aliphatic heterocycles. The maximum Gasteiger partial charge on any atom is 0.211 e. The highest BCUT2D eigenvalue weighted by Gasteiger charge is 2.29. The van der Waals surface area contributed by atoms with Crippen LogP contribution in [-0.2, 0) is 10.0 Å². The minimum absolute atomic E-state index is 0.0996. The summed E-state index contributed by atoms with van der Waals surface area (Å²) in [6.45, 7) is 5.72. The van der Waals surface area contributed by atoms with Crippen LogP contribution in [0.2, 0.25) is 0 Å². The van der Waals surface area contributed by atoms with Crippen molar-refractivity contribution in [1.82, 2.24) is 9.62 Å². The van der Waals surface area contributed by atoms with E-state index in [0.717, 1.165) is 12.5 Å². The van der Waals surface area contributed by atoms with Crippen LogP contribution in [0.4, 0.5) is 8.78 Å². The van der Waals surface area contributed by atoms with Crippen molar-refractivity contribution in [3.63, 3.8) is 0 Å². The smallest absolute Gasteiger partial charge is 0.211 e. The maximum atomic E-state index is 13.5. The van der Waals surface area contributed by atoms with Crippen molar-refractivity contribution in [3.8, 4) is 0 Å². The van der Waals surface area contributed by atoms with Crippen LogP contribution in [0.1, 0.15) is 31.9 Å². The summed E-state index contributed by atoms with van der Waals surface area (Å²) in [7, 11) is -3.14. The van der Waals surface area contributed by atoms with Crippen LogP contribution >= 0.6 is 0 Å². The number of nitrogens with zero attached hydrogens (tertiary/aromatic N) is 1. The van der Waals surface area contributed by atoms with Gasteiger partial charge in [-0.15, -0.1) is 0 Å². The normalized spacial score (nSPS) is 21.0. The van der Waals surface area contributed by atoms with E-state index in [4.69, 9.17) is 0 Å². The van der Waals surface area contributed by atoms with E-state index < -0.39 is 21.7 Å². The lowest BCUT2D eigenvalue weighted by atomic mass is 9.95. The Labute approximate surface area is 136 Å². The maximum absolute atomic E-state index is 13.5. The molecule has 1 heterocycles. The van der Waals surface area contributed by atoms with Crippen LogP contribution < -0.4 is 5.32 Å². The quantitative estimate of drug-likeness (QED) is 0.861. The van der Waals surface area contributed by atoms with Gasteiger partial charge in [0.2, 0.25) is 10.0 Å². The van der Waals surface area contributed by atoms with Crippen molar-refractivity contribution in [2.45, 2.75) is 26.3 Å². The van der Waals surface area contributed by atoms with E-state index in [-0.39, 0.29) is 17.9 Å². The summed E-state index contributed by atoms with van der Waals surface area (Å²) in [4.78, 5) is 0. The monoisotopic (exact) mass is 346 g/mol. The average molecular weight is 346 g/mol. The van der Waals surface area contributed by atoms with Gasteiger partial charge in [-0.1, -0.05) is 19.9 Å². The number of sulfonamides is 1. The Kier molecular flexibility index (Phi) is 5.75. The lowest BCUT2D eigenvalue weighted by Gasteiger charge is -2.25. The van der Waals surface area contributed by atoms with Gasteiger partial charge < -0.3 is 5.32 Å². The number of halogens is 2. The second-order valence-corrected chi connectivity index (χ2v) is 8.56. The molecule has 0 saturated carbocycles. The second-order valence-electron chi connectivity index (χ2n) is 6.58. The van der Waals surface area contributed by atoms with E-state index in [1.807, 2.05) is 13.8 Å². The molecule has 0 bridgehead atoms. The van der Waals surface area contributed by atoms with Gasteiger partial charge in [0.05, 0.1) is 6.26 Å². The molecule has 1 aliphatic rings. The largest absolute Gasteiger partial charge is 0.309 e. The summed E-state index contributed by atoms with van der Waals surface area (Å²) in [6.07, 6.45) is 2.03. The van der Waals surface area contributed by atoms with Crippen molar-refractivity contribution in [1.29, 1.82) is 0 Å². The molecule has 0 radical (unpaired) electrons. The molecule has 1 saturated heterocycles. The lowest BCUT2D eigenvalue weighted by Crippen LogP contribution is -2.33. The van der Waals surface area contributed by atoms with E-state index >= 15 is 0 Å². The number of nitrogens with one attached hydrogen (secondary N) is 1. The zero-order valence-corrected chi connectivity index (χ0v) is 14.5. The molecule has 1 aromatic rings. The van der Waals surface area contributed by atoms with Crippen molar-refractivity contribution in [3.05, 3.63) is 35.4 Å². The zero-order valence-electron chi connectivity index (χ0n) is 13.7. The highest BCUT2D eigenvalue weighted by molar-refractivity contribution is 7.88. The molecule has 23 heavy (non-hydrogen) atoms. The summed E-state index contributed by atoms with van der Waals surface area (Å²) in [6, 6.07) is 3.86. The van der Waals surface area contributed by atoms with E-state index in [1.165, 1.54) is 16.6 Å². The molecule has 0 aliphatic carbocycles. The Morgan fingerprint density at radius 3 is 2.52 bits per heavy atom. The molecular weight excluding hydrogens is 322 g/mol. The fourth-order valence-electron chi connectivity index (χ4n) is 3.00. The molecule has 1 N–H and O–H groups in total. The van der Waals surface area contributed by atoms with Gasteiger partial charge in [0.15, 0.2) is 11.6 Å². The first-order valence-corrected chi connectivity index (χ1v) is 9.66. The summed E-state index contributed by atoms with van der Waals surface area (Å²) >= 11 is 0. The van der Waals surface area contributed by atoms with Crippen LogP contribution in [0.5, 0.6) is 0 Å². The Balaban J connectivity index is 2.00. The van der Waals surface area contributed by atoms with Gasteiger partial charge in [0, 0.05) is 19.1 Å². The zero-order chi connectivity index (χ0) is 17.2. The van der Waals surface area contributed by atoms with E-state index in [9.17, 15) is 17.2 Å². The van der Waals surface area contributed by atoms with Crippen molar-refractivity contribution in [2.24, 2.45) is 11.8 Å². The third kappa shape index (κ3) is 4.71. The van der Waals surface area contributed by atoms with Gasteiger partial charge in [-0.25, -0.2) is 21.5 Å². The molecule has 1 fully saturated rings. The summed E-state index contributed by atoms with van der Waals surface area (Å²) < 4.78 is 51.1. The van der Waals surface area contributed by atoms with Crippen molar-refractivity contribution >= 4 is 10.0 Å². The second kappa shape index (κ2) is 7.23. The van der Waals surface area contributed by atoms with Crippen molar-refractivity contribution in [2.75, 3.05) is 25.9 Å². The third-order valence-corrected chi connectivity index (χ3v) is 5.58. The van der Waals surface area contributed by atoms with Crippen LogP contribution in [0.15, 0.2) is 18.2 Å². The van der Waals surface area contributed by atoms with Gasteiger partial charge in [-0.3, -0.25) is 0 Å². The Morgan fingerprint density at radius 2 is 2.00 bits per heavy atom. The topological polar surface area (TPSA) is 49.4 Å². The molecule has 130 valence electrons. The predicted molar refractivity (Wildman–Crippen MR) is 86.5 cm³/mol. The van der Waals surface area contributed by atoms with Gasteiger partial charge >= 0.3 is 0 Å². The first kappa shape index (κ1) is 18.3. The lowest BCUT2D eigenvalue weighted by molar-refractivity contribution is 0.368. The summed E-state index contributed by atoms with van der Waals surface area (Å²) in [5.41, 5.74) is 0.705.